The molecule has 0 unspecified atom stereocenters. The van der Waals surface area contributed by atoms with Gasteiger partial charge in [-0.1, -0.05) is 19.1 Å². The summed E-state index contributed by atoms with van der Waals surface area (Å²) in [6.07, 6.45) is 3.27. The molecule has 1 aromatic carbocycles. The number of carbonyl (C=O) groups is 1. The second kappa shape index (κ2) is 8.67. The van der Waals surface area contributed by atoms with E-state index in [4.69, 9.17) is 4.74 Å². The van der Waals surface area contributed by atoms with Gasteiger partial charge in [0, 0.05) is 18.8 Å². The molecule has 0 atom stereocenters. The molecule has 0 aliphatic heterocycles. The van der Waals surface area contributed by atoms with Crippen molar-refractivity contribution in [1.82, 2.24) is 9.88 Å². The molecular formula is C18H24N2O2S. The van der Waals surface area contributed by atoms with Crippen LogP contribution < -0.4 is 4.74 Å². The van der Waals surface area contributed by atoms with Crippen LogP contribution in [-0.4, -0.2) is 29.9 Å². The quantitative estimate of drug-likeness (QED) is 0.740. The summed E-state index contributed by atoms with van der Waals surface area (Å²) in [6.45, 7) is 2.69. The van der Waals surface area contributed by atoms with E-state index in [-0.39, 0.29) is 5.91 Å². The summed E-state index contributed by atoms with van der Waals surface area (Å²) >= 11 is 1.66. The topological polar surface area (TPSA) is 42.4 Å². The molecule has 0 bridgehead atoms. The first-order chi connectivity index (χ1) is 11.1. The monoisotopic (exact) mass is 332 g/mol. The molecule has 0 radical (unpaired) electrons. The Morgan fingerprint density at radius 1 is 1.30 bits per heavy atom. The zero-order chi connectivity index (χ0) is 16.7. The van der Waals surface area contributed by atoms with Crippen LogP contribution in [0.1, 0.15) is 36.0 Å². The van der Waals surface area contributed by atoms with Gasteiger partial charge >= 0.3 is 0 Å². The summed E-state index contributed by atoms with van der Waals surface area (Å²) in [5.41, 5.74) is 2.21. The van der Waals surface area contributed by atoms with Gasteiger partial charge in [0.2, 0.25) is 5.91 Å². The standard InChI is InChI=1S/C18H24N2O2S/c1-4-17-19-15(13-23-17)12-20(2)18(21)7-5-6-14-8-10-16(22-3)11-9-14/h8-11,13H,4-7,12H2,1-3H3. The first kappa shape index (κ1) is 17.5. The summed E-state index contributed by atoms with van der Waals surface area (Å²) in [5, 5.41) is 3.17. The van der Waals surface area contributed by atoms with Crippen molar-refractivity contribution in [3.8, 4) is 5.75 Å². The third-order valence-corrected chi connectivity index (χ3v) is 4.78. The fourth-order valence-corrected chi connectivity index (χ4v) is 3.08. The smallest absolute Gasteiger partial charge is 0.222 e. The molecule has 0 spiro atoms. The molecule has 1 heterocycles. The van der Waals surface area contributed by atoms with E-state index in [0.29, 0.717) is 13.0 Å². The van der Waals surface area contributed by atoms with Gasteiger partial charge in [-0.2, -0.15) is 0 Å². The molecule has 23 heavy (non-hydrogen) atoms. The van der Waals surface area contributed by atoms with E-state index in [1.165, 1.54) is 5.56 Å². The molecule has 1 aromatic heterocycles. The number of ether oxygens (including phenoxy) is 1. The van der Waals surface area contributed by atoms with Crippen LogP contribution in [0.5, 0.6) is 5.75 Å². The normalized spacial score (nSPS) is 10.6. The second-order valence-corrected chi connectivity index (χ2v) is 6.48. The Morgan fingerprint density at radius 3 is 2.65 bits per heavy atom. The molecule has 5 heteroatoms. The van der Waals surface area contributed by atoms with Crippen molar-refractivity contribution in [3.05, 3.63) is 45.9 Å². The van der Waals surface area contributed by atoms with Gasteiger partial charge < -0.3 is 9.64 Å². The van der Waals surface area contributed by atoms with Crippen LogP contribution in [0, 0.1) is 0 Å². The van der Waals surface area contributed by atoms with Crippen LogP contribution in [0.25, 0.3) is 0 Å². The van der Waals surface area contributed by atoms with Crippen LogP contribution in [0.3, 0.4) is 0 Å². The van der Waals surface area contributed by atoms with Crippen molar-refractivity contribution in [2.45, 2.75) is 39.2 Å². The van der Waals surface area contributed by atoms with Crippen molar-refractivity contribution in [1.29, 1.82) is 0 Å². The van der Waals surface area contributed by atoms with E-state index in [1.807, 2.05) is 24.6 Å². The molecule has 0 aliphatic rings. The predicted octanol–water partition coefficient (Wildman–Crippen LogP) is 3.70. The lowest BCUT2D eigenvalue weighted by molar-refractivity contribution is -0.130. The SMILES string of the molecule is CCc1nc(CN(C)C(=O)CCCc2ccc(OC)cc2)cs1. The summed E-state index contributed by atoms with van der Waals surface area (Å²) < 4.78 is 5.14. The number of aryl methyl sites for hydroxylation is 2. The average Bonchev–Trinajstić information content (AvgIpc) is 3.03. The molecule has 0 saturated carbocycles. The zero-order valence-electron chi connectivity index (χ0n) is 14.0. The lowest BCUT2D eigenvalue weighted by Gasteiger charge is -2.15. The molecule has 124 valence electrons. The number of amides is 1. The highest BCUT2D eigenvalue weighted by Gasteiger charge is 2.11. The van der Waals surface area contributed by atoms with E-state index in [0.717, 1.165) is 35.7 Å². The molecule has 4 nitrogen and oxygen atoms in total. The van der Waals surface area contributed by atoms with E-state index >= 15 is 0 Å². The summed E-state index contributed by atoms with van der Waals surface area (Å²) in [7, 11) is 3.51. The van der Waals surface area contributed by atoms with Crippen LogP contribution in [0.15, 0.2) is 29.6 Å². The first-order valence-electron chi connectivity index (χ1n) is 7.92. The summed E-state index contributed by atoms with van der Waals surface area (Å²) in [5.74, 6) is 1.03. The molecule has 2 aromatic rings. The highest BCUT2D eigenvalue weighted by molar-refractivity contribution is 7.09. The lowest BCUT2D eigenvalue weighted by Crippen LogP contribution is -2.26. The van der Waals surface area contributed by atoms with Crippen LogP contribution in [0.2, 0.25) is 0 Å². The molecule has 0 aliphatic carbocycles. The number of benzene rings is 1. The molecule has 2 rings (SSSR count). The Bertz CT molecular complexity index is 622. The fourth-order valence-electron chi connectivity index (χ4n) is 2.34. The second-order valence-electron chi connectivity index (χ2n) is 5.54. The van der Waals surface area contributed by atoms with E-state index in [1.54, 1.807) is 23.3 Å². The molecule has 0 saturated heterocycles. The number of hydrogen-bond acceptors (Lipinski definition) is 4. The van der Waals surface area contributed by atoms with Crippen LogP contribution >= 0.6 is 11.3 Å². The van der Waals surface area contributed by atoms with Gasteiger partial charge in [-0.25, -0.2) is 4.98 Å². The van der Waals surface area contributed by atoms with Gasteiger partial charge in [0.25, 0.3) is 0 Å². The van der Waals surface area contributed by atoms with Crippen molar-refractivity contribution < 1.29 is 9.53 Å². The number of thiazole rings is 1. The number of carbonyl (C=O) groups excluding carboxylic acids is 1. The third kappa shape index (κ3) is 5.36. The number of aromatic nitrogens is 1. The zero-order valence-corrected chi connectivity index (χ0v) is 14.9. The maximum atomic E-state index is 12.2. The van der Waals surface area contributed by atoms with Gasteiger partial charge in [0.15, 0.2) is 0 Å². The van der Waals surface area contributed by atoms with Crippen molar-refractivity contribution in [2.24, 2.45) is 0 Å². The largest absolute Gasteiger partial charge is 0.497 e. The van der Waals surface area contributed by atoms with Gasteiger partial charge in [-0.05, 0) is 37.0 Å². The van der Waals surface area contributed by atoms with E-state index in [2.05, 4.69) is 24.0 Å². The minimum Gasteiger partial charge on any atom is -0.497 e. The highest BCUT2D eigenvalue weighted by atomic mass is 32.1. The van der Waals surface area contributed by atoms with Crippen LogP contribution in [-0.2, 0) is 24.2 Å². The Balaban J connectivity index is 1.74. The number of hydrogen-bond donors (Lipinski definition) is 0. The fraction of sp³-hybridized carbons (Fsp3) is 0.444. The molecule has 0 N–H and O–H groups in total. The van der Waals surface area contributed by atoms with Crippen LogP contribution in [0.4, 0.5) is 0 Å². The Hall–Kier alpha value is -1.88. The summed E-state index contributed by atoms with van der Waals surface area (Å²) in [6, 6.07) is 8.01. The highest BCUT2D eigenvalue weighted by Crippen LogP contribution is 2.15. The minimum atomic E-state index is 0.171. The van der Waals surface area contributed by atoms with Crippen molar-refractivity contribution >= 4 is 17.2 Å². The van der Waals surface area contributed by atoms with Gasteiger partial charge in [-0.3, -0.25) is 4.79 Å². The predicted molar refractivity (Wildman–Crippen MR) is 93.9 cm³/mol. The molecular weight excluding hydrogens is 308 g/mol. The Morgan fingerprint density at radius 2 is 2.04 bits per heavy atom. The Labute approximate surface area is 142 Å². The van der Waals surface area contributed by atoms with Gasteiger partial charge in [0.1, 0.15) is 5.75 Å². The first-order valence-corrected chi connectivity index (χ1v) is 8.80. The van der Waals surface area contributed by atoms with Gasteiger partial charge in [0.05, 0.1) is 24.4 Å². The number of methoxy groups -OCH3 is 1. The van der Waals surface area contributed by atoms with Crippen molar-refractivity contribution in [2.75, 3.05) is 14.2 Å². The maximum absolute atomic E-state index is 12.2. The minimum absolute atomic E-state index is 0.171. The third-order valence-electron chi connectivity index (χ3n) is 3.74. The Kier molecular flexibility index (Phi) is 6.59. The maximum Gasteiger partial charge on any atom is 0.222 e. The number of rotatable bonds is 8. The lowest BCUT2D eigenvalue weighted by atomic mass is 10.1. The summed E-state index contributed by atoms with van der Waals surface area (Å²) in [4.78, 5) is 18.5. The average molecular weight is 332 g/mol. The molecule has 1 amide bonds. The van der Waals surface area contributed by atoms with Gasteiger partial charge in [-0.15, -0.1) is 11.3 Å². The van der Waals surface area contributed by atoms with E-state index < -0.39 is 0 Å². The van der Waals surface area contributed by atoms with E-state index in [9.17, 15) is 4.79 Å². The molecule has 0 fully saturated rings. The van der Waals surface area contributed by atoms with Crippen molar-refractivity contribution in [3.63, 3.8) is 0 Å². The number of nitrogens with zero attached hydrogens (tertiary/aromatic N) is 2.